The van der Waals surface area contributed by atoms with Crippen LogP contribution in [0.3, 0.4) is 0 Å². The van der Waals surface area contributed by atoms with Gasteiger partial charge in [0.05, 0.1) is 18.6 Å². The molecule has 7 heteroatoms. The summed E-state index contributed by atoms with van der Waals surface area (Å²) in [5.74, 6) is -1.13. The van der Waals surface area contributed by atoms with E-state index in [0.29, 0.717) is 34.7 Å². The Bertz CT molecular complexity index is 1200. The van der Waals surface area contributed by atoms with Gasteiger partial charge in [-0.2, -0.15) is 0 Å². The highest BCUT2D eigenvalue weighted by atomic mass is 16.6. The Labute approximate surface area is 263 Å². The maximum absolute atomic E-state index is 12.6. The molecule has 0 unspecified atom stereocenters. The first-order valence-corrected chi connectivity index (χ1v) is 16.6. The van der Waals surface area contributed by atoms with E-state index in [0.717, 1.165) is 24.8 Å². The van der Waals surface area contributed by atoms with Gasteiger partial charge in [0.25, 0.3) is 0 Å². The molecule has 0 saturated carbocycles. The first kappa shape index (κ1) is 35.1. The molecular formula is C37H52O7. The van der Waals surface area contributed by atoms with Gasteiger partial charge in [-0.15, -0.1) is 0 Å². The molecule has 2 aliphatic rings. The van der Waals surface area contributed by atoms with E-state index in [4.69, 9.17) is 18.6 Å². The van der Waals surface area contributed by atoms with Crippen LogP contribution < -0.4 is 0 Å². The molecule has 0 aliphatic carbocycles. The summed E-state index contributed by atoms with van der Waals surface area (Å²) < 4.78 is 22.4. The van der Waals surface area contributed by atoms with Crippen LogP contribution >= 0.6 is 0 Å². The molecule has 0 fully saturated rings. The van der Waals surface area contributed by atoms with Gasteiger partial charge >= 0.3 is 17.9 Å². The average molecular weight is 609 g/mol. The van der Waals surface area contributed by atoms with Crippen molar-refractivity contribution in [1.82, 2.24) is 0 Å². The van der Waals surface area contributed by atoms with E-state index < -0.39 is 24.0 Å². The average Bonchev–Trinajstić information content (AvgIpc) is 3.57. The van der Waals surface area contributed by atoms with Crippen molar-refractivity contribution in [2.24, 2.45) is 5.92 Å². The molecule has 7 nitrogen and oxygen atoms in total. The zero-order valence-corrected chi connectivity index (χ0v) is 27.1. The molecular weight excluding hydrogens is 556 g/mol. The van der Waals surface area contributed by atoms with Gasteiger partial charge in [-0.1, -0.05) is 115 Å². The van der Waals surface area contributed by atoms with Gasteiger partial charge < -0.3 is 18.6 Å². The van der Waals surface area contributed by atoms with E-state index in [9.17, 15) is 14.4 Å². The van der Waals surface area contributed by atoms with Crippen molar-refractivity contribution in [2.75, 3.05) is 13.7 Å². The number of methoxy groups -OCH3 is 1. The second-order valence-electron chi connectivity index (χ2n) is 12.3. The smallest absolute Gasteiger partial charge is 0.341 e. The lowest BCUT2D eigenvalue weighted by molar-refractivity contribution is -0.143. The Morgan fingerprint density at radius 1 is 0.955 bits per heavy atom. The first-order valence-electron chi connectivity index (χ1n) is 16.6. The lowest BCUT2D eigenvalue weighted by Crippen LogP contribution is -2.19. The molecule has 0 N–H and O–H groups in total. The highest BCUT2D eigenvalue weighted by molar-refractivity contribution is 5.94. The van der Waals surface area contributed by atoms with E-state index in [1.807, 2.05) is 13.0 Å². The van der Waals surface area contributed by atoms with Gasteiger partial charge in [-0.25, -0.2) is 9.59 Å². The number of esters is 3. The largest absolute Gasteiger partial charge is 0.465 e. The van der Waals surface area contributed by atoms with Crippen molar-refractivity contribution in [2.45, 2.75) is 122 Å². The van der Waals surface area contributed by atoms with Crippen LogP contribution in [0.1, 0.15) is 132 Å². The third-order valence-corrected chi connectivity index (χ3v) is 8.56. The minimum absolute atomic E-state index is 0.0356. The van der Waals surface area contributed by atoms with Crippen molar-refractivity contribution in [3.05, 3.63) is 71.3 Å². The molecule has 44 heavy (non-hydrogen) atoms. The number of allylic oxidation sites excluding steroid dienone is 1. The maximum atomic E-state index is 12.6. The predicted octanol–water partition coefficient (Wildman–Crippen LogP) is 8.89. The molecule has 3 atom stereocenters. The zero-order chi connectivity index (χ0) is 31.9. The van der Waals surface area contributed by atoms with E-state index in [2.05, 4.69) is 20.1 Å². The van der Waals surface area contributed by atoms with Crippen LogP contribution in [-0.4, -0.2) is 37.7 Å². The summed E-state index contributed by atoms with van der Waals surface area (Å²) in [6.45, 7) is 12.4. The zero-order valence-electron chi connectivity index (χ0n) is 27.1. The summed E-state index contributed by atoms with van der Waals surface area (Å²) in [6.07, 6.45) is 21.6. The van der Waals surface area contributed by atoms with Crippen molar-refractivity contribution in [3.63, 3.8) is 0 Å². The van der Waals surface area contributed by atoms with E-state index >= 15 is 0 Å². The Kier molecular flexibility index (Phi) is 14.7. The fraction of sp³-hybridized carbons (Fsp3) is 0.595. The second-order valence-corrected chi connectivity index (χ2v) is 12.3. The summed E-state index contributed by atoms with van der Waals surface area (Å²) in [7, 11) is 1.32. The monoisotopic (exact) mass is 608 g/mol. The number of fused-ring (bicyclic) bond motifs is 3. The summed E-state index contributed by atoms with van der Waals surface area (Å²) in [6, 6.07) is 1.64. The van der Waals surface area contributed by atoms with Gasteiger partial charge in [0.1, 0.15) is 29.8 Å². The summed E-state index contributed by atoms with van der Waals surface area (Å²) >= 11 is 0. The topological polar surface area (TPSA) is 92.0 Å². The van der Waals surface area contributed by atoms with Gasteiger partial charge in [-0.3, -0.25) is 4.79 Å². The fourth-order valence-electron chi connectivity index (χ4n) is 5.89. The van der Waals surface area contributed by atoms with Gasteiger partial charge in [0.15, 0.2) is 0 Å². The minimum atomic E-state index is -0.602. The third kappa shape index (κ3) is 10.7. The Balaban J connectivity index is 1.48. The number of hydrogen-bond donors (Lipinski definition) is 0. The molecule has 0 amide bonds. The van der Waals surface area contributed by atoms with Crippen molar-refractivity contribution < 1.29 is 33.0 Å². The lowest BCUT2D eigenvalue weighted by Gasteiger charge is -2.20. The molecule has 0 radical (unpaired) electrons. The number of unbranched alkanes of at least 4 members (excludes halogenated alkanes) is 12. The van der Waals surface area contributed by atoms with E-state index in [1.54, 1.807) is 18.2 Å². The quantitative estimate of drug-likeness (QED) is 0.0670. The number of hydrogen-bond acceptors (Lipinski definition) is 7. The summed E-state index contributed by atoms with van der Waals surface area (Å²) in [4.78, 5) is 37.7. The highest BCUT2D eigenvalue weighted by Crippen LogP contribution is 2.38. The normalized spacial score (nSPS) is 19.1. The molecule has 1 aromatic rings. The van der Waals surface area contributed by atoms with Crippen molar-refractivity contribution in [1.29, 1.82) is 0 Å². The summed E-state index contributed by atoms with van der Waals surface area (Å²) in [5.41, 5.74) is 2.09. The molecule has 4 bridgehead atoms. The maximum Gasteiger partial charge on any atom is 0.341 e. The molecule has 3 rings (SSSR count). The molecule has 1 aromatic heterocycles. The molecule has 242 valence electrons. The van der Waals surface area contributed by atoms with Crippen LogP contribution in [0.5, 0.6) is 0 Å². The Morgan fingerprint density at radius 3 is 2.16 bits per heavy atom. The molecule has 0 spiro atoms. The second kappa shape index (κ2) is 18.5. The SMILES string of the molecule is C=C(COC(=O)CCCCCCCCCCCCCCC)[C@@H]1C=CC2=C[C@@H](OC2=O)[C@@H](C(=C)C)c2cc(C(=O)OC)c(o2)C1. The Hall–Kier alpha value is -3.35. The molecule has 3 heterocycles. The number of carbonyl (C=O) groups excluding carboxylic acids is 3. The van der Waals surface area contributed by atoms with Crippen LogP contribution in [-0.2, 0) is 30.2 Å². The summed E-state index contributed by atoms with van der Waals surface area (Å²) in [5, 5.41) is 0. The standard InChI is InChI=1S/C37H52O7/c1-6-7-8-9-10-11-12-13-14-15-16-17-18-19-34(38)42-25-27(4)28-20-21-29-23-32(44-36(29)39)35(26(2)3)33-24-30(37(40)41-5)31(22-28)43-33/h20-21,23-24,28,32,35H,2,4,6-19,22,25H2,1,3,5H3/t28-,32-,35-/m1/s1. The Morgan fingerprint density at radius 2 is 1.57 bits per heavy atom. The number of rotatable bonds is 19. The van der Waals surface area contributed by atoms with Crippen LogP contribution in [0.25, 0.3) is 0 Å². The highest BCUT2D eigenvalue weighted by Gasteiger charge is 2.36. The number of carbonyl (C=O) groups is 3. The predicted molar refractivity (Wildman–Crippen MR) is 172 cm³/mol. The third-order valence-electron chi connectivity index (χ3n) is 8.56. The van der Waals surface area contributed by atoms with Crippen LogP contribution in [0.4, 0.5) is 0 Å². The van der Waals surface area contributed by atoms with Crippen molar-refractivity contribution >= 4 is 17.9 Å². The van der Waals surface area contributed by atoms with Crippen molar-refractivity contribution in [3.8, 4) is 0 Å². The first-order chi connectivity index (χ1) is 21.2. The van der Waals surface area contributed by atoms with E-state index in [1.165, 1.54) is 71.3 Å². The van der Waals surface area contributed by atoms with Crippen LogP contribution in [0.2, 0.25) is 0 Å². The number of furan rings is 1. The van der Waals surface area contributed by atoms with Gasteiger partial charge in [0.2, 0.25) is 0 Å². The number of ether oxygens (including phenoxy) is 3. The van der Waals surface area contributed by atoms with Crippen LogP contribution in [0.15, 0.2) is 58.6 Å². The molecule has 0 aromatic carbocycles. The van der Waals surface area contributed by atoms with E-state index in [-0.39, 0.29) is 24.9 Å². The van der Waals surface area contributed by atoms with Gasteiger partial charge in [0, 0.05) is 18.8 Å². The lowest BCUT2D eigenvalue weighted by atomic mass is 9.90. The van der Waals surface area contributed by atoms with Crippen LogP contribution in [0, 0.1) is 5.92 Å². The molecule has 0 saturated heterocycles. The molecule has 2 aliphatic heterocycles. The van der Waals surface area contributed by atoms with Gasteiger partial charge in [-0.05, 0) is 31.1 Å². The fourth-order valence-corrected chi connectivity index (χ4v) is 5.89. The minimum Gasteiger partial charge on any atom is -0.465 e.